The molecule has 2 aromatic carbocycles. The normalized spacial score (nSPS) is 25.5. The topological polar surface area (TPSA) is 41.5 Å². The minimum Gasteiger partial charge on any atom is -0.507 e. The molecule has 3 atom stereocenters. The molecule has 3 nitrogen and oxygen atoms in total. The molecule has 0 aromatic heterocycles. The summed E-state index contributed by atoms with van der Waals surface area (Å²) >= 11 is 3.44. The zero-order valence-electron chi connectivity index (χ0n) is 13.8. The summed E-state index contributed by atoms with van der Waals surface area (Å²) in [4.78, 5) is 0. The van der Waals surface area contributed by atoms with Crippen molar-refractivity contribution in [2.24, 2.45) is 5.92 Å². The second-order valence-corrected chi connectivity index (χ2v) is 7.56. The minimum atomic E-state index is 0.152. The van der Waals surface area contributed by atoms with Crippen LogP contribution in [0.3, 0.4) is 0 Å². The number of fused-ring (bicyclic) bond motifs is 3. The molecular formula is C20H22BrNO2. The van der Waals surface area contributed by atoms with E-state index in [9.17, 15) is 5.11 Å². The van der Waals surface area contributed by atoms with Crippen LogP contribution in [0.25, 0.3) is 0 Å². The third-order valence-electron chi connectivity index (χ3n) is 5.27. The first-order valence-corrected chi connectivity index (χ1v) is 9.46. The molecule has 24 heavy (non-hydrogen) atoms. The fourth-order valence-corrected chi connectivity index (χ4v) is 4.38. The van der Waals surface area contributed by atoms with Crippen LogP contribution in [0.2, 0.25) is 0 Å². The average molecular weight is 388 g/mol. The zero-order chi connectivity index (χ0) is 16.7. The number of ether oxygens (including phenoxy) is 1. The van der Waals surface area contributed by atoms with Gasteiger partial charge in [0.05, 0.1) is 16.6 Å². The van der Waals surface area contributed by atoms with Gasteiger partial charge < -0.3 is 15.2 Å². The summed E-state index contributed by atoms with van der Waals surface area (Å²) in [6.45, 7) is 3.02. The molecular weight excluding hydrogens is 366 g/mol. The molecule has 0 aliphatic carbocycles. The predicted octanol–water partition coefficient (Wildman–Crippen LogP) is 5.35. The second kappa shape index (κ2) is 6.41. The van der Waals surface area contributed by atoms with E-state index in [4.69, 9.17) is 4.74 Å². The van der Waals surface area contributed by atoms with Gasteiger partial charge in [0.25, 0.3) is 0 Å². The van der Waals surface area contributed by atoms with Gasteiger partial charge in [-0.05, 0) is 64.5 Å². The highest BCUT2D eigenvalue weighted by atomic mass is 79.9. The Morgan fingerprint density at radius 2 is 2.12 bits per heavy atom. The number of hydrogen-bond donors (Lipinski definition) is 2. The van der Waals surface area contributed by atoms with Crippen molar-refractivity contribution >= 4 is 21.6 Å². The van der Waals surface area contributed by atoms with Crippen LogP contribution in [0, 0.1) is 5.92 Å². The van der Waals surface area contributed by atoms with E-state index >= 15 is 0 Å². The molecule has 1 fully saturated rings. The second-order valence-electron chi connectivity index (χ2n) is 6.71. The Balaban J connectivity index is 1.77. The molecule has 2 aliphatic rings. The summed E-state index contributed by atoms with van der Waals surface area (Å²) in [5.41, 5.74) is 5.01. The van der Waals surface area contributed by atoms with E-state index in [1.54, 1.807) is 6.07 Å². The largest absolute Gasteiger partial charge is 0.507 e. The summed E-state index contributed by atoms with van der Waals surface area (Å²) in [6, 6.07) is 12.7. The van der Waals surface area contributed by atoms with E-state index in [1.807, 2.05) is 12.1 Å². The van der Waals surface area contributed by atoms with Crippen molar-refractivity contribution in [1.82, 2.24) is 0 Å². The molecule has 0 spiro atoms. The van der Waals surface area contributed by atoms with Gasteiger partial charge in [0.15, 0.2) is 0 Å². The van der Waals surface area contributed by atoms with Crippen molar-refractivity contribution in [3.63, 3.8) is 0 Å². The van der Waals surface area contributed by atoms with Crippen molar-refractivity contribution in [1.29, 1.82) is 0 Å². The number of benzene rings is 2. The SMILES string of the molecule is CCc1ccc2c(c1)[C@H]1OCCC[C@H]1C(c1ccc(O)c(Br)c1)N2. The van der Waals surface area contributed by atoms with Gasteiger partial charge in [-0.3, -0.25) is 0 Å². The van der Waals surface area contributed by atoms with Crippen molar-refractivity contribution in [2.45, 2.75) is 38.3 Å². The molecule has 0 radical (unpaired) electrons. The van der Waals surface area contributed by atoms with E-state index in [2.05, 4.69) is 46.4 Å². The van der Waals surface area contributed by atoms with E-state index in [0.717, 1.165) is 30.3 Å². The highest BCUT2D eigenvalue weighted by molar-refractivity contribution is 9.10. The molecule has 1 unspecified atom stereocenters. The lowest BCUT2D eigenvalue weighted by Crippen LogP contribution is -2.36. The Morgan fingerprint density at radius 3 is 2.92 bits per heavy atom. The monoisotopic (exact) mass is 387 g/mol. The molecule has 2 heterocycles. The molecule has 2 aromatic rings. The van der Waals surface area contributed by atoms with E-state index in [1.165, 1.54) is 22.4 Å². The van der Waals surface area contributed by atoms with Crippen molar-refractivity contribution in [2.75, 3.05) is 11.9 Å². The van der Waals surface area contributed by atoms with Gasteiger partial charge in [-0.2, -0.15) is 0 Å². The maximum atomic E-state index is 9.80. The van der Waals surface area contributed by atoms with Crippen LogP contribution in [0.4, 0.5) is 5.69 Å². The first kappa shape index (κ1) is 16.0. The third-order valence-corrected chi connectivity index (χ3v) is 5.90. The number of halogens is 1. The number of nitrogens with one attached hydrogen (secondary N) is 1. The Morgan fingerprint density at radius 1 is 1.25 bits per heavy atom. The summed E-state index contributed by atoms with van der Waals surface area (Å²) < 4.78 is 6.95. The number of anilines is 1. The number of aromatic hydroxyl groups is 1. The van der Waals surface area contributed by atoms with Gasteiger partial charge in [0.2, 0.25) is 0 Å². The summed E-state index contributed by atoms with van der Waals surface area (Å²) in [6.07, 6.45) is 3.44. The Hall–Kier alpha value is -1.52. The summed E-state index contributed by atoms with van der Waals surface area (Å²) in [7, 11) is 0. The van der Waals surface area contributed by atoms with Crippen molar-refractivity contribution in [3.05, 3.63) is 57.6 Å². The van der Waals surface area contributed by atoms with E-state index < -0.39 is 0 Å². The van der Waals surface area contributed by atoms with Crippen LogP contribution in [0.1, 0.15) is 48.6 Å². The fraction of sp³-hybridized carbons (Fsp3) is 0.400. The molecule has 0 amide bonds. The number of aryl methyl sites for hydroxylation is 1. The maximum absolute atomic E-state index is 9.80. The smallest absolute Gasteiger partial charge is 0.129 e. The highest BCUT2D eigenvalue weighted by Crippen LogP contribution is 2.49. The molecule has 0 saturated carbocycles. The fourth-order valence-electron chi connectivity index (χ4n) is 3.99. The zero-order valence-corrected chi connectivity index (χ0v) is 15.3. The first-order chi connectivity index (χ1) is 11.7. The molecule has 4 heteroatoms. The van der Waals surface area contributed by atoms with E-state index in [-0.39, 0.29) is 17.9 Å². The summed E-state index contributed by atoms with van der Waals surface area (Å²) in [5.74, 6) is 0.689. The van der Waals surface area contributed by atoms with Crippen molar-refractivity contribution in [3.8, 4) is 5.75 Å². The Labute approximate surface area is 151 Å². The Kier molecular flexibility index (Phi) is 4.27. The molecule has 2 N–H and O–H groups in total. The highest BCUT2D eigenvalue weighted by Gasteiger charge is 2.39. The molecule has 126 valence electrons. The lowest BCUT2D eigenvalue weighted by atomic mass is 9.77. The molecule has 2 aliphatic heterocycles. The predicted molar refractivity (Wildman–Crippen MR) is 99.4 cm³/mol. The first-order valence-electron chi connectivity index (χ1n) is 8.66. The van der Waals surface area contributed by atoms with Crippen LogP contribution in [0.5, 0.6) is 5.75 Å². The van der Waals surface area contributed by atoms with Crippen molar-refractivity contribution < 1.29 is 9.84 Å². The van der Waals surface area contributed by atoms with Gasteiger partial charge >= 0.3 is 0 Å². The van der Waals surface area contributed by atoms with Gasteiger partial charge in [-0.25, -0.2) is 0 Å². The average Bonchev–Trinajstić information content (AvgIpc) is 2.63. The van der Waals surface area contributed by atoms with Gasteiger partial charge in [-0.1, -0.05) is 25.1 Å². The number of hydrogen-bond acceptors (Lipinski definition) is 3. The molecule has 1 saturated heterocycles. The lowest BCUT2D eigenvalue weighted by molar-refractivity contribution is -0.0381. The lowest BCUT2D eigenvalue weighted by Gasteiger charge is -2.43. The molecule has 0 bridgehead atoms. The Bertz CT molecular complexity index is 761. The van der Waals surface area contributed by atoms with Crippen LogP contribution in [-0.2, 0) is 11.2 Å². The van der Waals surface area contributed by atoms with E-state index in [0.29, 0.717) is 5.92 Å². The summed E-state index contributed by atoms with van der Waals surface area (Å²) in [5, 5.41) is 13.5. The standard InChI is InChI=1S/C20H22BrNO2/c1-2-12-5-7-17-15(10-12)20-14(4-3-9-24-20)19(22-17)13-6-8-18(23)16(21)11-13/h5-8,10-11,14,19-20,22-23H,2-4,9H2,1H3/t14-,19?,20-/m0/s1. The maximum Gasteiger partial charge on any atom is 0.129 e. The molecule has 4 rings (SSSR count). The van der Waals surface area contributed by atoms with Gasteiger partial charge in [0, 0.05) is 23.8 Å². The van der Waals surface area contributed by atoms with Gasteiger partial charge in [0.1, 0.15) is 5.75 Å². The quantitative estimate of drug-likeness (QED) is 0.729. The number of phenols is 1. The van der Waals surface area contributed by atoms with Crippen LogP contribution < -0.4 is 5.32 Å². The van der Waals surface area contributed by atoms with Crippen LogP contribution >= 0.6 is 15.9 Å². The van der Waals surface area contributed by atoms with Gasteiger partial charge in [-0.15, -0.1) is 0 Å². The van der Waals surface area contributed by atoms with Crippen LogP contribution in [0.15, 0.2) is 40.9 Å². The minimum absolute atomic E-state index is 0.152. The third kappa shape index (κ3) is 2.72. The number of rotatable bonds is 2. The number of phenolic OH excluding ortho intramolecular Hbond substituents is 1. The van der Waals surface area contributed by atoms with Crippen LogP contribution in [-0.4, -0.2) is 11.7 Å².